The fraction of sp³-hybridized carbons (Fsp3) is 0.478. The molecule has 3 aliphatic heterocycles. The van der Waals surface area contributed by atoms with Gasteiger partial charge in [-0.25, -0.2) is 13.9 Å². The van der Waals surface area contributed by atoms with Gasteiger partial charge in [-0.15, -0.1) is 0 Å². The monoisotopic (exact) mass is 470 g/mol. The number of hydrogen-bond donors (Lipinski definition) is 0. The zero-order chi connectivity index (χ0) is 23.3. The molecular formula is C23H29ClN7O2+. The number of aromatic nitrogens is 2. The number of likely N-dealkylation sites (N-methyl/N-ethyl adjacent to an activating group) is 2. The number of imide groups is 1. The van der Waals surface area contributed by atoms with Crippen molar-refractivity contribution in [3.05, 3.63) is 46.7 Å². The van der Waals surface area contributed by atoms with Crippen LogP contribution < -0.4 is 4.57 Å². The van der Waals surface area contributed by atoms with Crippen LogP contribution in [0, 0.1) is 6.92 Å². The first-order valence-electron chi connectivity index (χ1n) is 11.3. The van der Waals surface area contributed by atoms with Gasteiger partial charge in [0.2, 0.25) is 11.9 Å². The maximum Gasteiger partial charge on any atom is 0.401 e. The van der Waals surface area contributed by atoms with Crippen molar-refractivity contribution < 1.29 is 14.2 Å². The summed E-state index contributed by atoms with van der Waals surface area (Å²) in [5.41, 5.74) is 2.30. The maximum atomic E-state index is 12.8. The summed E-state index contributed by atoms with van der Waals surface area (Å²) in [6, 6.07) is 7.15. The van der Waals surface area contributed by atoms with Gasteiger partial charge in [0.05, 0.1) is 6.54 Å². The molecule has 1 atom stereocenters. The molecule has 0 radical (unpaired) electrons. The predicted octanol–water partition coefficient (Wildman–Crippen LogP) is 1.66. The van der Waals surface area contributed by atoms with Crippen molar-refractivity contribution in [1.29, 1.82) is 0 Å². The van der Waals surface area contributed by atoms with E-state index in [1.54, 1.807) is 7.05 Å². The molecule has 2 aromatic rings. The number of piperazine rings is 1. The smallest absolute Gasteiger partial charge is 0.298 e. The molecule has 0 spiro atoms. The first-order valence-corrected chi connectivity index (χ1v) is 11.7. The third-order valence-corrected chi connectivity index (χ3v) is 7.08. The molecule has 10 heteroatoms. The van der Waals surface area contributed by atoms with Crippen molar-refractivity contribution in [2.24, 2.45) is 4.99 Å². The minimum absolute atomic E-state index is 0.242. The fourth-order valence-electron chi connectivity index (χ4n) is 4.89. The second-order valence-electron chi connectivity index (χ2n) is 8.99. The summed E-state index contributed by atoms with van der Waals surface area (Å²) in [7, 11) is 3.19. The van der Waals surface area contributed by atoms with Crippen molar-refractivity contribution in [1.82, 2.24) is 24.2 Å². The zero-order valence-electron chi connectivity index (χ0n) is 19.2. The van der Waals surface area contributed by atoms with E-state index in [4.69, 9.17) is 16.6 Å². The van der Waals surface area contributed by atoms with E-state index < -0.39 is 6.04 Å². The van der Waals surface area contributed by atoms with E-state index in [0.29, 0.717) is 5.84 Å². The summed E-state index contributed by atoms with van der Waals surface area (Å²) in [4.78, 5) is 37.4. The highest BCUT2D eigenvalue weighted by molar-refractivity contribution is 6.30. The van der Waals surface area contributed by atoms with Crippen LogP contribution in [0.4, 0.5) is 10.7 Å². The number of hydrogen-bond acceptors (Lipinski definition) is 5. The molecule has 0 aliphatic carbocycles. The van der Waals surface area contributed by atoms with Crippen LogP contribution in [-0.4, -0.2) is 88.8 Å². The van der Waals surface area contributed by atoms with Gasteiger partial charge >= 0.3 is 12.0 Å². The lowest BCUT2D eigenvalue weighted by molar-refractivity contribution is -0.677. The van der Waals surface area contributed by atoms with Crippen molar-refractivity contribution in [3.8, 4) is 0 Å². The summed E-state index contributed by atoms with van der Waals surface area (Å²) in [6.07, 6.45) is 1.97. The van der Waals surface area contributed by atoms with Crippen LogP contribution in [0.3, 0.4) is 0 Å². The molecule has 0 N–H and O–H groups in total. The van der Waals surface area contributed by atoms with E-state index in [1.165, 1.54) is 22.4 Å². The molecule has 2 fully saturated rings. The summed E-state index contributed by atoms with van der Waals surface area (Å²) in [5, 5.41) is 0.783. The Balaban J connectivity index is 1.22. The van der Waals surface area contributed by atoms with Gasteiger partial charge in [-0.3, -0.25) is 24.4 Å². The Labute approximate surface area is 198 Å². The third-order valence-electron chi connectivity index (χ3n) is 6.84. The highest BCUT2D eigenvalue weighted by Crippen LogP contribution is 2.28. The van der Waals surface area contributed by atoms with Crippen LogP contribution in [-0.2, 0) is 17.9 Å². The molecule has 1 aromatic carbocycles. The minimum Gasteiger partial charge on any atom is -0.298 e. The molecule has 1 aromatic heterocycles. The number of amidine groups is 1. The van der Waals surface area contributed by atoms with Crippen LogP contribution in [0.1, 0.15) is 17.3 Å². The number of aliphatic imine (C=N–C) groups is 1. The lowest BCUT2D eigenvalue weighted by Gasteiger charge is -2.34. The number of fused-ring (bicyclic) bond motifs is 3. The van der Waals surface area contributed by atoms with Gasteiger partial charge in [-0.2, -0.15) is 0 Å². The first kappa shape index (κ1) is 22.1. The van der Waals surface area contributed by atoms with E-state index in [0.717, 1.165) is 62.5 Å². The number of imidazole rings is 1. The van der Waals surface area contributed by atoms with E-state index in [1.807, 2.05) is 35.9 Å². The highest BCUT2D eigenvalue weighted by atomic mass is 35.5. The average Bonchev–Trinajstić information content (AvgIpc) is 3.31. The summed E-state index contributed by atoms with van der Waals surface area (Å²) >= 11 is 6.12. The predicted molar refractivity (Wildman–Crippen MR) is 125 cm³/mol. The van der Waals surface area contributed by atoms with E-state index in [2.05, 4.69) is 20.4 Å². The van der Waals surface area contributed by atoms with Crippen LogP contribution >= 0.6 is 11.6 Å². The maximum absolute atomic E-state index is 12.8. The average molecular weight is 471 g/mol. The van der Waals surface area contributed by atoms with E-state index in [-0.39, 0.29) is 11.9 Å². The Morgan fingerprint density at radius 1 is 1.06 bits per heavy atom. The van der Waals surface area contributed by atoms with Crippen LogP contribution in [0.15, 0.2) is 35.5 Å². The van der Waals surface area contributed by atoms with Crippen molar-refractivity contribution in [2.75, 3.05) is 46.8 Å². The molecule has 2 saturated heterocycles. The Morgan fingerprint density at radius 3 is 2.52 bits per heavy atom. The number of aryl methyl sites for hydroxylation is 1. The summed E-state index contributed by atoms with van der Waals surface area (Å²) < 4.78 is 4.05. The number of amides is 3. The van der Waals surface area contributed by atoms with Crippen molar-refractivity contribution in [3.63, 3.8) is 0 Å². The number of urea groups is 1. The van der Waals surface area contributed by atoms with Gasteiger partial charge in [-0.05, 0) is 24.6 Å². The van der Waals surface area contributed by atoms with Crippen molar-refractivity contribution in [2.45, 2.75) is 26.1 Å². The molecule has 174 valence electrons. The molecule has 5 rings (SSSR count). The normalized spacial score (nSPS) is 21.5. The molecule has 1 unspecified atom stereocenters. The van der Waals surface area contributed by atoms with E-state index in [9.17, 15) is 9.59 Å². The highest BCUT2D eigenvalue weighted by Gasteiger charge is 2.52. The SMILES string of the molecule is Cc1c[n+]2c(n1CCN1CCN(Cc3cccc(Cl)c3)CC1)N=C1C2C(=O)N(C)C(=O)N1C. The molecule has 9 nitrogen and oxygen atoms in total. The molecule has 33 heavy (non-hydrogen) atoms. The Kier molecular flexibility index (Phi) is 5.72. The minimum atomic E-state index is -0.567. The van der Waals surface area contributed by atoms with Crippen molar-refractivity contribution >= 4 is 35.3 Å². The fourth-order valence-corrected chi connectivity index (χ4v) is 5.11. The number of benzene rings is 1. The number of rotatable bonds is 5. The standard InChI is InChI=1S/C23H29ClN7O2/c1-16-14-31-19-20(26(2)23(33)27(3)21(19)32)25-22(31)30(16)12-11-28-7-9-29(10-8-28)15-17-5-4-6-18(24)13-17/h4-6,13-14,19H,7-12,15H2,1-3H3/q+1. The molecule has 0 saturated carbocycles. The molecule has 3 amide bonds. The number of carbonyl (C=O) groups excluding carboxylic acids is 2. The third kappa shape index (κ3) is 3.94. The second kappa shape index (κ2) is 8.55. The van der Waals surface area contributed by atoms with Gasteiger partial charge in [0.25, 0.3) is 5.91 Å². The second-order valence-corrected chi connectivity index (χ2v) is 9.42. The van der Waals surface area contributed by atoms with Gasteiger partial charge in [0, 0.05) is 58.4 Å². The zero-order valence-corrected chi connectivity index (χ0v) is 20.0. The largest absolute Gasteiger partial charge is 0.401 e. The lowest BCUT2D eigenvalue weighted by atomic mass is 10.2. The van der Waals surface area contributed by atoms with Gasteiger partial charge in [0.1, 0.15) is 11.9 Å². The molecule has 4 heterocycles. The Morgan fingerprint density at radius 2 is 1.79 bits per heavy atom. The first-order chi connectivity index (χ1) is 15.8. The summed E-state index contributed by atoms with van der Waals surface area (Å²) in [5.74, 6) is 0.991. The van der Waals surface area contributed by atoms with Gasteiger partial charge in [-0.1, -0.05) is 28.7 Å². The Bertz CT molecular complexity index is 1140. The topological polar surface area (TPSA) is 68.3 Å². The number of nitrogens with zero attached hydrogens (tertiary/aromatic N) is 7. The van der Waals surface area contributed by atoms with Crippen LogP contribution in [0.5, 0.6) is 0 Å². The number of halogens is 1. The van der Waals surface area contributed by atoms with Gasteiger partial charge < -0.3 is 0 Å². The van der Waals surface area contributed by atoms with Crippen LogP contribution in [0.2, 0.25) is 5.02 Å². The lowest BCUT2D eigenvalue weighted by Crippen LogP contribution is -2.61. The van der Waals surface area contributed by atoms with E-state index >= 15 is 0 Å². The summed E-state index contributed by atoms with van der Waals surface area (Å²) in [6.45, 7) is 8.70. The molecule has 3 aliphatic rings. The number of carbonyl (C=O) groups is 2. The van der Waals surface area contributed by atoms with Crippen LogP contribution in [0.25, 0.3) is 0 Å². The molecule has 0 bridgehead atoms. The molecular weight excluding hydrogens is 442 g/mol. The quantitative estimate of drug-likeness (QED) is 0.623. The van der Waals surface area contributed by atoms with Gasteiger partial charge in [0.15, 0.2) is 0 Å². The Hall–Kier alpha value is -2.75.